The standard InChI is InChI=1S/C28H29N5O13S4/c1-3-13-47(35,36)19-7-5-18(6-8-19)30-33-27-24(49(39,40)41)15-17-4-10-21(28(34)25(17)26(27)29)31-32-22-16-20(9-11-23(22)45-2)48(37,38)14-12-46-50(42,43)44/h4-11,15-16,34H,3,12-14,29H2,1-2H3,(H,39,40,41)(H,42,43,44). The van der Waals surface area contributed by atoms with Crippen molar-refractivity contribution < 1.29 is 56.8 Å². The lowest BCUT2D eigenvalue weighted by atomic mass is 10.1. The molecule has 50 heavy (non-hydrogen) atoms. The highest BCUT2D eigenvalue weighted by Crippen LogP contribution is 2.46. The lowest BCUT2D eigenvalue weighted by Gasteiger charge is -2.12. The van der Waals surface area contributed by atoms with Crippen LogP contribution < -0.4 is 10.5 Å². The molecule has 0 fully saturated rings. The lowest BCUT2D eigenvalue weighted by molar-refractivity contribution is 0.284. The van der Waals surface area contributed by atoms with Gasteiger partial charge in [-0.15, -0.1) is 15.3 Å². The molecule has 0 atom stereocenters. The van der Waals surface area contributed by atoms with Gasteiger partial charge in [0.25, 0.3) is 10.1 Å². The molecule has 22 heteroatoms. The number of nitrogens with two attached hydrogens (primary N) is 1. The predicted octanol–water partition coefficient (Wildman–Crippen LogP) is 4.99. The fraction of sp³-hybridized carbons (Fsp3) is 0.214. The Morgan fingerprint density at radius 2 is 1.36 bits per heavy atom. The number of hydrogen-bond donors (Lipinski definition) is 4. The molecule has 0 amide bonds. The normalized spacial score (nSPS) is 13.0. The zero-order chi connectivity index (χ0) is 37.1. The molecular formula is C28H29N5O13S4. The van der Waals surface area contributed by atoms with Gasteiger partial charge in [-0.1, -0.05) is 13.0 Å². The lowest BCUT2D eigenvalue weighted by Crippen LogP contribution is -2.15. The van der Waals surface area contributed by atoms with Crippen LogP contribution in [0, 0.1) is 0 Å². The summed E-state index contributed by atoms with van der Waals surface area (Å²) < 4.78 is 124. The molecule has 0 heterocycles. The fourth-order valence-corrected chi connectivity index (χ4v) is 7.97. The predicted molar refractivity (Wildman–Crippen MR) is 180 cm³/mol. The topological polar surface area (TPSA) is 291 Å². The van der Waals surface area contributed by atoms with Crippen LogP contribution in [0.25, 0.3) is 10.8 Å². The van der Waals surface area contributed by atoms with Crippen LogP contribution in [-0.4, -0.2) is 73.1 Å². The first-order chi connectivity index (χ1) is 23.3. The number of phenols is 1. The van der Waals surface area contributed by atoms with Gasteiger partial charge in [-0.3, -0.25) is 9.11 Å². The summed E-state index contributed by atoms with van der Waals surface area (Å²) in [6.07, 6.45) is 0.408. The van der Waals surface area contributed by atoms with E-state index in [0.717, 1.165) is 18.2 Å². The SMILES string of the molecule is CCCS(=O)(=O)c1ccc(N=Nc2c(S(=O)(=O)O)cc3ccc(N=Nc4cc(S(=O)(=O)CCOS(=O)(=O)O)ccc4OC)c(O)c3c2N)cc1. The number of benzene rings is 4. The van der Waals surface area contributed by atoms with Crippen molar-refractivity contribution in [2.45, 2.75) is 28.0 Å². The van der Waals surface area contributed by atoms with E-state index in [-0.39, 0.29) is 49.1 Å². The number of phenolic OH excluding ortho intramolecular Hbond substituents is 1. The number of sulfone groups is 2. The molecule has 268 valence electrons. The van der Waals surface area contributed by atoms with Crippen LogP contribution in [-0.2, 0) is 44.4 Å². The number of aromatic hydroxyl groups is 1. The highest BCUT2D eigenvalue weighted by molar-refractivity contribution is 7.91. The first kappa shape index (κ1) is 38.2. The maximum Gasteiger partial charge on any atom is 0.397 e. The highest BCUT2D eigenvalue weighted by Gasteiger charge is 2.24. The molecule has 0 saturated carbocycles. The molecule has 5 N–H and O–H groups in total. The van der Waals surface area contributed by atoms with Crippen LogP contribution in [0.15, 0.2) is 95.8 Å². The Kier molecular flexibility index (Phi) is 11.3. The minimum Gasteiger partial charge on any atom is -0.505 e. The number of fused-ring (bicyclic) bond motifs is 1. The average Bonchev–Trinajstić information content (AvgIpc) is 3.02. The molecule has 0 bridgehead atoms. The third-order valence-corrected chi connectivity index (χ3v) is 11.7. The number of nitrogen functional groups attached to an aromatic ring is 1. The van der Waals surface area contributed by atoms with E-state index in [1.165, 1.54) is 49.6 Å². The zero-order valence-corrected chi connectivity index (χ0v) is 29.3. The Bertz CT molecular complexity index is 2450. The Labute approximate surface area is 286 Å². The zero-order valence-electron chi connectivity index (χ0n) is 26.0. The third-order valence-electron chi connectivity index (χ3n) is 6.80. The Balaban J connectivity index is 1.75. The molecule has 0 saturated heterocycles. The molecule has 0 aliphatic rings. The quantitative estimate of drug-likeness (QED) is 0.0746. The number of nitrogens with zero attached hydrogens (tertiary/aromatic N) is 4. The van der Waals surface area contributed by atoms with Crippen molar-refractivity contribution in [3.8, 4) is 11.5 Å². The average molecular weight is 772 g/mol. The van der Waals surface area contributed by atoms with Crippen LogP contribution >= 0.6 is 0 Å². The summed E-state index contributed by atoms with van der Waals surface area (Å²) in [6.45, 7) is 0.850. The summed E-state index contributed by atoms with van der Waals surface area (Å²) in [7, 11) is -16.2. The molecule has 0 aliphatic heterocycles. The Morgan fingerprint density at radius 1 is 0.740 bits per heavy atom. The van der Waals surface area contributed by atoms with Gasteiger partial charge < -0.3 is 15.6 Å². The molecular weight excluding hydrogens is 743 g/mol. The minimum atomic E-state index is -4.94. The number of anilines is 1. The van der Waals surface area contributed by atoms with Gasteiger partial charge in [0.15, 0.2) is 25.4 Å². The smallest absolute Gasteiger partial charge is 0.397 e. The van der Waals surface area contributed by atoms with E-state index in [1.54, 1.807) is 6.92 Å². The second kappa shape index (κ2) is 14.7. The second-order valence-corrected chi connectivity index (χ2v) is 17.0. The van der Waals surface area contributed by atoms with E-state index >= 15 is 0 Å². The molecule has 4 aromatic rings. The maximum absolute atomic E-state index is 12.7. The molecule has 4 rings (SSSR count). The molecule has 0 spiro atoms. The molecule has 0 unspecified atom stereocenters. The monoisotopic (exact) mass is 771 g/mol. The summed E-state index contributed by atoms with van der Waals surface area (Å²) in [5, 5.41) is 26.8. The van der Waals surface area contributed by atoms with Gasteiger partial charge in [-0.25, -0.2) is 21.0 Å². The van der Waals surface area contributed by atoms with Crippen molar-refractivity contribution in [1.29, 1.82) is 0 Å². The number of azo groups is 2. The van der Waals surface area contributed by atoms with Gasteiger partial charge in [-0.05, 0) is 66.4 Å². The van der Waals surface area contributed by atoms with E-state index in [1.807, 2.05) is 0 Å². The Hall–Kier alpha value is -4.58. The van der Waals surface area contributed by atoms with Crippen molar-refractivity contribution in [2.75, 3.05) is 31.0 Å². The van der Waals surface area contributed by atoms with Gasteiger partial charge in [0.05, 0.1) is 51.8 Å². The van der Waals surface area contributed by atoms with Crippen LogP contribution in [0.2, 0.25) is 0 Å². The van der Waals surface area contributed by atoms with Crippen molar-refractivity contribution in [3.05, 3.63) is 60.7 Å². The molecule has 0 radical (unpaired) electrons. The van der Waals surface area contributed by atoms with E-state index in [9.17, 15) is 43.3 Å². The summed E-state index contributed by atoms with van der Waals surface area (Å²) >= 11 is 0. The molecule has 4 aromatic carbocycles. The maximum atomic E-state index is 12.7. The largest absolute Gasteiger partial charge is 0.505 e. The van der Waals surface area contributed by atoms with Gasteiger partial charge in [-0.2, -0.15) is 21.9 Å². The summed E-state index contributed by atoms with van der Waals surface area (Å²) in [5.41, 5.74) is 5.01. The van der Waals surface area contributed by atoms with E-state index < -0.39 is 74.6 Å². The molecule has 0 aliphatic carbocycles. The Morgan fingerprint density at radius 3 is 1.96 bits per heavy atom. The van der Waals surface area contributed by atoms with Gasteiger partial charge in [0.2, 0.25) is 0 Å². The number of methoxy groups -OCH3 is 1. The van der Waals surface area contributed by atoms with Crippen molar-refractivity contribution >= 4 is 79.4 Å². The molecule has 0 aromatic heterocycles. The highest BCUT2D eigenvalue weighted by atomic mass is 32.3. The number of hydrogen-bond acceptors (Lipinski definition) is 16. The fourth-order valence-electron chi connectivity index (χ4n) is 4.47. The summed E-state index contributed by atoms with van der Waals surface area (Å²) in [5.74, 6) is -1.45. The van der Waals surface area contributed by atoms with E-state index in [0.29, 0.717) is 6.42 Å². The van der Waals surface area contributed by atoms with Crippen LogP contribution in [0.1, 0.15) is 13.3 Å². The van der Waals surface area contributed by atoms with Gasteiger partial charge in [0, 0.05) is 0 Å². The van der Waals surface area contributed by atoms with Crippen molar-refractivity contribution in [3.63, 3.8) is 0 Å². The number of rotatable bonds is 14. The van der Waals surface area contributed by atoms with Gasteiger partial charge in [0.1, 0.15) is 27.7 Å². The third kappa shape index (κ3) is 8.95. The van der Waals surface area contributed by atoms with Crippen LogP contribution in [0.4, 0.5) is 28.4 Å². The van der Waals surface area contributed by atoms with Crippen molar-refractivity contribution in [1.82, 2.24) is 0 Å². The van der Waals surface area contributed by atoms with Crippen LogP contribution in [0.5, 0.6) is 11.5 Å². The van der Waals surface area contributed by atoms with Crippen molar-refractivity contribution in [2.24, 2.45) is 20.5 Å². The second-order valence-electron chi connectivity index (χ2n) is 10.3. The molecule has 18 nitrogen and oxygen atoms in total. The summed E-state index contributed by atoms with van der Waals surface area (Å²) in [4.78, 5) is -1.03. The van der Waals surface area contributed by atoms with Gasteiger partial charge >= 0.3 is 10.4 Å². The van der Waals surface area contributed by atoms with Crippen LogP contribution in [0.3, 0.4) is 0 Å². The first-order valence-corrected chi connectivity index (χ1v) is 20.1. The minimum absolute atomic E-state index is 0.0359. The van der Waals surface area contributed by atoms with E-state index in [4.69, 9.17) is 15.0 Å². The first-order valence-electron chi connectivity index (χ1n) is 14.0. The summed E-state index contributed by atoms with van der Waals surface area (Å²) in [6, 6.07) is 12.2. The van der Waals surface area contributed by atoms with E-state index in [2.05, 4.69) is 24.6 Å². The number of ether oxygens (including phenoxy) is 1.